The maximum atomic E-state index is 9.12. The molecule has 1 aromatic heterocycles. The molecule has 0 radical (unpaired) electrons. The molecule has 1 aliphatic carbocycles. The third-order valence-electron chi connectivity index (χ3n) is 2.79. The molecule has 1 fully saturated rings. The number of pyridine rings is 1. The van der Waals surface area contributed by atoms with Gasteiger partial charge in [-0.2, -0.15) is 0 Å². The summed E-state index contributed by atoms with van der Waals surface area (Å²) in [6, 6.07) is 2.34. The molecule has 0 amide bonds. The fraction of sp³-hybridized carbons (Fsp3) is 0.545. The Bertz CT molecular complexity index is 310. The lowest BCUT2D eigenvalue weighted by Gasteiger charge is -2.16. The molecular weight excluding hydrogens is 176 g/mol. The Labute approximate surface area is 84.2 Å². The smallest absolute Gasteiger partial charge is 0.0703 e. The standard InChI is InChI=1S/C11H16N2O/c1-8(9-2-3-9)13-11-6-12-5-4-10(11)7-14/h4-6,8-9,13-14H,2-3,7H2,1H3. The summed E-state index contributed by atoms with van der Waals surface area (Å²) < 4.78 is 0. The Morgan fingerprint density at radius 3 is 3.07 bits per heavy atom. The van der Waals surface area contributed by atoms with Gasteiger partial charge in [0.15, 0.2) is 0 Å². The van der Waals surface area contributed by atoms with Gasteiger partial charge in [0, 0.05) is 17.8 Å². The summed E-state index contributed by atoms with van der Waals surface area (Å²) in [5, 5.41) is 12.5. The molecule has 0 aliphatic heterocycles. The van der Waals surface area contributed by atoms with Crippen LogP contribution in [0.4, 0.5) is 5.69 Å². The van der Waals surface area contributed by atoms with Crippen LogP contribution in [0.15, 0.2) is 18.5 Å². The number of anilines is 1. The van der Waals surface area contributed by atoms with E-state index in [0.29, 0.717) is 6.04 Å². The van der Waals surface area contributed by atoms with Gasteiger partial charge < -0.3 is 10.4 Å². The molecule has 3 heteroatoms. The largest absolute Gasteiger partial charge is 0.392 e. The van der Waals surface area contributed by atoms with E-state index in [9.17, 15) is 0 Å². The average Bonchev–Trinajstić information content (AvgIpc) is 3.02. The van der Waals surface area contributed by atoms with Crippen LogP contribution in [0.3, 0.4) is 0 Å². The van der Waals surface area contributed by atoms with E-state index in [-0.39, 0.29) is 6.61 Å². The number of rotatable bonds is 4. The van der Waals surface area contributed by atoms with Crippen LogP contribution in [0.5, 0.6) is 0 Å². The molecule has 14 heavy (non-hydrogen) atoms. The van der Waals surface area contributed by atoms with E-state index < -0.39 is 0 Å². The van der Waals surface area contributed by atoms with E-state index in [1.54, 1.807) is 12.4 Å². The molecule has 1 atom stereocenters. The molecule has 0 spiro atoms. The van der Waals surface area contributed by atoms with Gasteiger partial charge in [-0.05, 0) is 31.7 Å². The molecule has 2 rings (SSSR count). The van der Waals surface area contributed by atoms with Crippen molar-refractivity contribution in [3.8, 4) is 0 Å². The zero-order valence-corrected chi connectivity index (χ0v) is 8.40. The van der Waals surface area contributed by atoms with Gasteiger partial charge in [0.05, 0.1) is 18.5 Å². The van der Waals surface area contributed by atoms with Crippen molar-refractivity contribution in [2.45, 2.75) is 32.4 Å². The molecule has 1 unspecified atom stereocenters. The Morgan fingerprint density at radius 1 is 1.64 bits per heavy atom. The molecule has 0 aromatic carbocycles. The number of hydrogen-bond acceptors (Lipinski definition) is 3. The number of nitrogens with zero attached hydrogens (tertiary/aromatic N) is 1. The van der Waals surface area contributed by atoms with Gasteiger partial charge in [-0.1, -0.05) is 0 Å². The maximum absolute atomic E-state index is 9.12. The summed E-state index contributed by atoms with van der Waals surface area (Å²) in [7, 11) is 0. The van der Waals surface area contributed by atoms with Gasteiger partial charge in [-0.25, -0.2) is 0 Å². The summed E-state index contributed by atoms with van der Waals surface area (Å²) in [5.41, 5.74) is 1.89. The highest BCUT2D eigenvalue weighted by atomic mass is 16.3. The molecule has 3 nitrogen and oxygen atoms in total. The van der Waals surface area contributed by atoms with Gasteiger partial charge in [-0.3, -0.25) is 4.98 Å². The van der Waals surface area contributed by atoms with Crippen LogP contribution >= 0.6 is 0 Å². The minimum atomic E-state index is 0.0717. The van der Waals surface area contributed by atoms with Gasteiger partial charge in [-0.15, -0.1) is 0 Å². The second-order valence-corrected chi connectivity index (χ2v) is 3.96. The summed E-state index contributed by atoms with van der Waals surface area (Å²) in [6.07, 6.45) is 6.13. The predicted octanol–water partition coefficient (Wildman–Crippen LogP) is 1.78. The average molecular weight is 192 g/mol. The van der Waals surface area contributed by atoms with Crippen molar-refractivity contribution >= 4 is 5.69 Å². The van der Waals surface area contributed by atoms with Crippen LogP contribution in [0.2, 0.25) is 0 Å². The van der Waals surface area contributed by atoms with Crippen molar-refractivity contribution in [2.24, 2.45) is 5.92 Å². The van der Waals surface area contributed by atoms with E-state index in [4.69, 9.17) is 5.11 Å². The SMILES string of the molecule is CC(Nc1cnccc1CO)C1CC1. The molecule has 76 valence electrons. The summed E-state index contributed by atoms with van der Waals surface area (Å²) in [6.45, 7) is 2.26. The summed E-state index contributed by atoms with van der Waals surface area (Å²) in [5.74, 6) is 0.807. The molecule has 1 aromatic rings. The van der Waals surface area contributed by atoms with Gasteiger partial charge >= 0.3 is 0 Å². The van der Waals surface area contributed by atoms with E-state index in [2.05, 4.69) is 17.2 Å². The van der Waals surface area contributed by atoms with Gasteiger partial charge in [0.1, 0.15) is 0 Å². The molecule has 0 bridgehead atoms. The van der Waals surface area contributed by atoms with E-state index in [1.807, 2.05) is 6.07 Å². The van der Waals surface area contributed by atoms with Crippen LogP contribution in [0.1, 0.15) is 25.3 Å². The zero-order chi connectivity index (χ0) is 9.97. The lowest BCUT2D eigenvalue weighted by Crippen LogP contribution is -2.18. The Kier molecular flexibility index (Phi) is 2.68. The third kappa shape index (κ3) is 2.04. The lowest BCUT2D eigenvalue weighted by molar-refractivity contribution is 0.282. The second kappa shape index (κ2) is 3.96. The van der Waals surface area contributed by atoms with Crippen LogP contribution in [-0.4, -0.2) is 16.1 Å². The van der Waals surface area contributed by atoms with E-state index in [1.165, 1.54) is 12.8 Å². The number of aliphatic hydroxyl groups excluding tert-OH is 1. The fourth-order valence-electron chi connectivity index (χ4n) is 1.65. The second-order valence-electron chi connectivity index (χ2n) is 3.96. The van der Waals surface area contributed by atoms with Gasteiger partial charge in [0.2, 0.25) is 0 Å². The Hall–Kier alpha value is -1.09. The van der Waals surface area contributed by atoms with Crippen molar-refractivity contribution in [3.63, 3.8) is 0 Å². The molecule has 1 saturated carbocycles. The lowest BCUT2D eigenvalue weighted by atomic mass is 10.2. The zero-order valence-electron chi connectivity index (χ0n) is 8.40. The minimum Gasteiger partial charge on any atom is -0.392 e. The normalized spacial score (nSPS) is 17.9. The maximum Gasteiger partial charge on any atom is 0.0703 e. The molecule has 2 N–H and O–H groups in total. The van der Waals surface area contributed by atoms with Crippen molar-refractivity contribution < 1.29 is 5.11 Å². The van der Waals surface area contributed by atoms with Crippen molar-refractivity contribution in [1.82, 2.24) is 4.98 Å². The fourth-order valence-corrected chi connectivity index (χ4v) is 1.65. The van der Waals surface area contributed by atoms with E-state index >= 15 is 0 Å². The van der Waals surface area contributed by atoms with Gasteiger partial charge in [0.25, 0.3) is 0 Å². The van der Waals surface area contributed by atoms with Crippen molar-refractivity contribution in [3.05, 3.63) is 24.0 Å². The highest BCUT2D eigenvalue weighted by Crippen LogP contribution is 2.34. The van der Waals surface area contributed by atoms with E-state index in [0.717, 1.165) is 17.2 Å². The molecule has 1 heterocycles. The van der Waals surface area contributed by atoms with Crippen molar-refractivity contribution in [2.75, 3.05) is 5.32 Å². The third-order valence-corrected chi connectivity index (χ3v) is 2.79. The first kappa shape index (κ1) is 9.46. The number of aromatic nitrogens is 1. The number of nitrogens with one attached hydrogen (secondary N) is 1. The Morgan fingerprint density at radius 2 is 2.43 bits per heavy atom. The Balaban J connectivity index is 2.06. The first-order valence-electron chi connectivity index (χ1n) is 5.11. The summed E-state index contributed by atoms with van der Waals surface area (Å²) >= 11 is 0. The monoisotopic (exact) mass is 192 g/mol. The molecule has 0 saturated heterocycles. The first-order chi connectivity index (χ1) is 6.81. The number of hydrogen-bond donors (Lipinski definition) is 2. The highest BCUT2D eigenvalue weighted by Gasteiger charge is 2.28. The molecule has 1 aliphatic rings. The highest BCUT2D eigenvalue weighted by molar-refractivity contribution is 5.49. The summed E-state index contributed by atoms with van der Waals surface area (Å²) in [4.78, 5) is 4.05. The number of aliphatic hydroxyl groups is 1. The predicted molar refractivity (Wildman–Crippen MR) is 56.0 cm³/mol. The van der Waals surface area contributed by atoms with Crippen LogP contribution < -0.4 is 5.32 Å². The quantitative estimate of drug-likeness (QED) is 0.764. The first-order valence-corrected chi connectivity index (χ1v) is 5.11. The molecular formula is C11H16N2O. The van der Waals surface area contributed by atoms with Crippen molar-refractivity contribution in [1.29, 1.82) is 0 Å². The minimum absolute atomic E-state index is 0.0717. The topological polar surface area (TPSA) is 45.2 Å². The van der Waals surface area contributed by atoms with Crippen LogP contribution in [-0.2, 0) is 6.61 Å². The van der Waals surface area contributed by atoms with Crippen LogP contribution in [0, 0.1) is 5.92 Å². The van der Waals surface area contributed by atoms with Crippen LogP contribution in [0.25, 0.3) is 0 Å².